The molecule has 19 heavy (non-hydrogen) atoms. The van der Waals surface area contributed by atoms with Crippen LogP contribution in [0.4, 0.5) is 0 Å². The Morgan fingerprint density at radius 1 is 1.37 bits per heavy atom. The number of rotatable bonds is 6. The van der Waals surface area contributed by atoms with Gasteiger partial charge >= 0.3 is 5.97 Å². The molecular formula is C16H23NO2. The molecule has 0 aliphatic heterocycles. The molecule has 1 aromatic rings. The molecular weight excluding hydrogens is 238 g/mol. The summed E-state index contributed by atoms with van der Waals surface area (Å²) in [5, 5.41) is 0. The highest BCUT2D eigenvalue weighted by Crippen LogP contribution is 2.37. The Labute approximate surface area is 115 Å². The van der Waals surface area contributed by atoms with Gasteiger partial charge in [0.25, 0.3) is 0 Å². The summed E-state index contributed by atoms with van der Waals surface area (Å²) < 4.78 is 5.25. The molecule has 0 bridgehead atoms. The van der Waals surface area contributed by atoms with Crippen LogP contribution in [0.15, 0.2) is 30.3 Å². The number of hydrogen-bond donors (Lipinski definition) is 0. The maximum Gasteiger partial charge on any atom is 0.327 e. The zero-order chi connectivity index (χ0) is 13.8. The molecule has 0 saturated heterocycles. The van der Waals surface area contributed by atoms with Crippen molar-refractivity contribution in [3.63, 3.8) is 0 Å². The first-order valence-electron chi connectivity index (χ1n) is 7.08. The first-order chi connectivity index (χ1) is 9.15. The van der Waals surface area contributed by atoms with Crippen LogP contribution in [0.25, 0.3) is 0 Å². The van der Waals surface area contributed by atoms with Crippen molar-refractivity contribution in [2.75, 3.05) is 13.7 Å². The third-order valence-electron chi connectivity index (χ3n) is 3.98. The Bertz CT molecular complexity index is 414. The molecule has 0 radical (unpaired) electrons. The average molecular weight is 261 g/mol. The van der Waals surface area contributed by atoms with Crippen LogP contribution in [-0.2, 0) is 9.53 Å². The van der Waals surface area contributed by atoms with Gasteiger partial charge in [-0.25, -0.2) is 4.79 Å². The lowest BCUT2D eigenvalue weighted by Crippen LogP contribution is -2.39. The van der Waals surface area contributed by atoms with Crippen LogP contribution in [0.1, 0.15) is 38.3 Å². The van der Waals surface area contributed by atoms with Gasteiger partial charge in [-0.1, -0.05) is 30.3 Å². The third-order valence-corrected chi connectivity index (χ3v) is 3.98. The number of nitrogens with zero attached hydrogens (tertiary/aromatic N) is 1. The second kappa shape index (κ2) is 6.20. The predicted octanol–water partition coefficient (Wildman–Crippen LogP) is 3.02. The van der Waals surface area contributed by atoms with Gasteiger partial charge in [-0.2, -0.15) is 0 Å². The zero-order valence-corrected chi connectivity index (χ0v) is 12.0. The first kappa shape index (κ1) is 14.1. The SMILES string of the molecule is CCOC(=O)C(c1ccccc1)N(C)C(C)C1CC1. The van der Waals surface area contributed by atoms with Crippen molar-refractivity contribution >= 4 is 5.97 Å². The zero-order valence-electron chi connectivity index (χ0n) is 12.0. The number of likely N-dealkylation sites (N-methyl/N-ethyl adjacent to an activating group) is 1. The second-order valence-electron chi connectivity index (χ2n) is 5.31. The summed E-state index contributed by atoms with van der Waals surface area (Å²) in [6, 6.07) is 10.0. The molecule has 0 aromatic heterocycles. The van der Waals surface area contributed by atoms with Crippen LogP contribution in [0.5, 0.6) is 0 Å². The molecule has 0 N–H and O–H groups in total. The number of ether oxygens (including phenoxy) is 1. The van der Waals surface area contributed by atoms with Crippen LogP contribution >= 0.6 is 0 Å². The smallest absolute Gasteiger partial charge is 0.327 e. The molecule has 2 unspecified atom stereocenters. The highest BCUT2D eigenvalue weighted by molar-refractivity contribution is 5.77. The van der Waals surface area contributed by atoms with Gasteiger partial charge < -0.3 is 4.74 Å². The standard InChI is InChI=1S/C16H23NO2/c1-4-19-16(18)15(14-8-6-5-7-9-14)17(3)12(2)13-10-11-13/h5-9,12-13,15H,4,10-11H2,1-3H3. The van der Waals surface area contributed by atoms with E-state index in [-0.39, 0.29) is 12.0 Å². The molecule has 2 atom stereocenters. The average Bonchev–Trinajstić information content (AvgIpc) is 3.24. The fourth-order valence-electron chi connectivity index (χ4n) is 2.54. The highest BCUT2D eigenvalue weighted by atomic mass is 16.5. The van der Waals surface area contributed by atoms with Crippen molar-refractivity contribution < 1.29 is 9.53 Å². The minimum atomic E-state index is -0.295. The second-order valence-corrected chi connectivity index (χ2v) is 5.31. The largest absolute Gasteiger partial charge is 0.465 e. The van der Waals surface area contributed by atoms with Crippen LogP contribution < -0.4 is 0 Å². The van der Waals surface area contributed by atoms with Crippen LogP contribution in [0, 0.1) is 5.92 Å². The fourth-order valence-corrected chi connectivity index (χ4v) is 2.54. The number of carbonyl (C=O) groups is 1. The van der Waals surface area contributed by atoms with E-state index < -0.39 is 0 Å². The van der Waals surface area contributed by atoms with E-state index in [1.807, 2.05) is 44.3 Å². The molecule has 1 aromatic carbocycles. The van der Waals surface area contributed by atoms with E-state index >= 15 is 0 Å². The maximum atomic E-state index is 12.3. The number of esters is 1. The fraction of sp³-hybridized carbons (Fsp3) is 0.562. The summed E-state index contributed by atoms with van der Waals surface area (Å²) in [5.74, 6) is 0.578. The summed E-state index contributed by atoms with van der Waals surface area (Å²) >= 11 is 0. The highest BCUT2D eigenvalue weighted by Gasteiger charge is 2.36. The normalized spacial score (nSPS) is 18.1. The van der Waals surface area contributed by atoms with Crippen LogP contribution in [0.2, 0.25) is 0 Å². The topological polar surface area (TPSA) is 29.5 Å². The number of benzene rings is 1. The quantitative estimate of drug-likeness (QED) is 0.737. The minimum Gasteiger partial charge on any atom is -0.465 e. The summed E-state index contributed by atoms with van der Waals surface area (Å²) in [7, 11) is 2.03. The Morgan fingerprint density at radius 2 is 2.00 bits per heavy atom. The van der Waals surface area contributed by atoms with E-state index in [1.165, 1.54) is 12.8 Å². The van der Waals surface area contributed by atoms with E-state index in [4.69, 9.17) is 4.74 Å². The van der Waals surface area contributed by atoms with E-state index in [2.05, 4.69) is 11.8 Å². The number of carbonyl (C=O) groups excluding carboxylic acids is 1. The monoisotopic (exact) mass is 261 g/mol. The molecule has 1 fully saturated rings. The predicted molar refractivity (Wildman–Crippen MR) is 75.8 cm³/mol. The summed E-state index contributed by atoms with van der Waals surface area (Å²) in [6.07, 6.45) is 2.55. The molecule has 3 nitrogen and oxygen atoms in total. The Balaban J connectivity index is 2.20. The van der Waals surface area contributed by atoms with Crippen molar-refractivity contribution in [3.05, 3.63) is 35.9 Å². The van der Waals surface area contributed by atoms with Gasteiger partial charge in [-0.05, 0) is 45.2 Å². The lowest BCUT2D eigenvalue weighted by Gasteiger charge is -2.32. The number of hydrogen-bond acceptors (Lipinski definition) is 3. The van der Waals surface area contributed by atoms with Crippen molar-refractivity contribution in [3.8, 4) is 0 Å². The maximum absolute atomic E-state index is 12.3. The molecule has 104 valence electrons. The molecule has 2 rings (SSSR count). The molecule has 0 spiro atoms. The van der Waals surface area contributed by atoms with Gasteiger partial charge in [0.15, 0.2) is 0 Å². The van der Waals surface area contributed by atoms with Gasteiger partial charge in [0.2, 0.25) is 0 Å². The van der Waals surface area contributed by atoms with Crippen molar-refractivity contribution in [1.29, 1.82) is 0 Å². The van der Waals surface area contributed by atoms with Gasteiger partial charge in [-0.15, -0.1) is 0 Å². The molecule has 0 amide bonds. The molecule has 1 saturated carbocycles. The van der Waals surface area contributed by atoms with E-state index in [0.29, 0.717) is 12.6 Å². The molecule has 1 aliphatic carbocycles. The summed E-state index contributed by atoms with van der Waals surface area (Å²) in [4.78, 5) is 14.4. The third kappa shape index (κ3) is 3.35. The van der Waals surface area contributed by atoms with Crippen molar-refractivity contribution in [2.24, 2.45) is 5.92 Å². The lowest BCUT2D eigenvalue weighted by atomic mass is 10.0. The van der Waals surface area contributed by atoms with E-state index in [9.17, 15) is 4.79 Å². The summed E-state index contributed by atoms with van der Waals surface area (Å²) in [5.41, 5.74) is 1.01. The minimum absolute atomic E-state index is 0.149. The lowest BCUT2D eigenvalue weighted by molar-refractivity contribution is -0.150. The Hall–Kier alpha value is -1.35. The van der Waals surface area contributed by atoms with Crippen LogP contribution in [0.3, 0.4) is 0 Å². The first-order valence-corrected chi connectivity index (χ1v) is 7.08. The van der Waals surface area contributed by atoms with E-state index in [1.54, 1.807) is 0 Å². The molecule has 0 heterocycles. The Morgan fingerprint density at radius 3 is 2.53 bits per heavy atom. The molecule has 1 aliphatic rings. The van der Waals surface area contributed by atoms with Gasteiger partial charge in [0.1, 0.15) is 6.04 Å². The summed E-state index contributed by atoms with van der Waals surface area (Å²) in [6.45, 7) is 4.48. The van der Waals surface area contributed by atoms with E-state index in [0.717, 1.165) is 11.5 Å². The molecule has 3 heteroatoms. The van der Waals surface area contributed by atoms with Crippen molar-refractivity contribution in [1.82, 2.24) is 4.90 Å². The van der Waals surface area contributed by atoms with Gasteiger partial charge in [0.05, 0.1) is 6.61 Å². The Kier molecular flexibility index (Phi) is 4.59. The van der Waals surface area contributed by atoms with Gasteiger partial charge in [0, 0.05) is 6.04 Å². The van der Waals surface area contributed by atoms with Crippen LogP contribution in [-0.4, -0.2) is 30.6 Å². The van der Waals surface area contributed by atoms with Gasteiger partial charge in [-0.3, -0.25) is 4.90 Å². The van der Waals surface area contributed by atoms with Crippen molar-refractivity contribution in [2.45, 2.75) is 38.8 Å².